The molecule has 1 saturated heterocycles. The molecule has 1 fully saturated rings. The molecule has 0 spiro atoms. The highest BCUT2D eigenvalue weighted by atomic mass is 16.6. The molecule has 1 aliphatic rings. The van der Waals surface area contributed by atoms with Gasteiger partial charge < -0.3 is 30.3 Å². The second-order valence-corrected chi connectivity index (χ2v) is 10.0. The molecule has 1 aromatic heterocycles. The van der Waals surface area contributed by atoms with Crippen molar-refractivity contribution in [3.8, 4) is 11.1 Å². The summed E-state index contributed by atoms with van der Waals surface area (Å²) >= 11 is 0. The van der Waals surface area contributed by atoms with Crippen LogP contribution in [0.15, 0.2) is 51.7 Å². The summed E-state index contributed by atoms with van der Waals surface area (Å²) in [7, 11) is 0. The van der Waals surface area contributed by atoms with E-state index < -0.39 is 29.2 Å². The maximum absolute atomic E-state index is 13.2. The average Bonchev–Trinajstić information content (AvgIpc) is 3.18. The summed E-state index contributed by atoms with van der Waals surface area (Å²) in [5, 5.41) is 5.60. The Morgan fingerprint density at radius 1 is 1.11 bits per heavy atom. The SMILES string of the molecule is CC(C)(C)OC(=O)NC1(C(=O)N[C@H](N)Cc2ccc(-c3ccc4oc(=O)[nH]c4c3)cc2)CCOCC1. The van der Waals surface area contributed by atoms with E-state index in [9.17, 15) is 14.4 Å². The number of H-pyrrole nitrogens is 1. The Balaban J connectivity index is 1.40. The Morgan fingerprint density at radius 3 is 2.44 bits per heavy atom. The molecule has 4 rings (SSSR count). The topological polar surface area (TPSA) is 149 Å². The molecule has 1 aliphatic heterocycles. The molecule has 10 nitrogen and oxygen atoms in total. The summed E-state index contributed by atoms with van der Waals surface area (Å²) in [6.45, 7) is 5.99. The molecule has 0 bridgehead atoms. The van der Waals surface area contributed by atoms with Gasteiger partial charge in [-0.3, -0.25) is 9.78 Å². The number of hydrogen-bond acceptors (Lipinski definition) is 7. The number of fused-ring (bicyclic) bond motifs is 1. The molecule has 0 aliphatic carbocycles. The van der Waals surface area contributed by atoms with Gasteiger partial charge in [0.05, 0.1) is 11.7 Å². The van der Waals surface area contributed by atoms with Crippen LogP contribution >= 0.6 is 0 Å². The summed E-state index contributed by atoms with van der Waals surface area (Å²) in [6.07, 6.45) is -0.256. The maximum Gasteiger partial charge on any atom is 0.417 e. The third-order valence-electron chi connectivity index (χ3n) is 6.00. The largest absolute Gasteiger partial charge is 0.444 e. The predicted octanol–water partition coefficient (Wildman–Crippen LogP) is 2.81. The standard InChI is InChI=1S/C26H32N4O6/c1-25(2,3)36-24(33)30-26(10-12-34-13-11-26)22(31)29-21(27)14-16-4-6-17(7-5-16)18-8-9-20-19(15-18)28-23(32)35-20/h4-9,15,21H,10-14,27H2,1-3H3,(H,28,32)(H,29,31)(H,30,33)/t21-/m0/s1. The summed E-state index contributed by atoms with van der Waals surface area (Å²) in [5.74, 6) is -0.847. The Bertz CT molecular complexity index is 1280. The highest BCUT2D eigenvalue weighted by Crippen LogP contribution is 2.25. The lowest BCUT2D eigenvalue weighted by Crippen LogP contribution is -2.64. The number of carbonyl (C=O) groups is 2. The van der Waals surface area contributed by atoms with Crippen LogP contribution < -0.4 is 22.1 Å². The molecule has 36 heavy (non-hydrogen) atoms. The molecule has 2 heterocycles. The van der Waals surface area contributed by atoms with Gasteiger partial charge in [-0.15, -0.1) is 0 Å². The quantitative estimate of drug-likeness (QED) is 0.383. The minimum Gasteiger partial charge on any atom is -0.444 e. The number of amides is 2. The molecule has 0 radical (unpaired) electrons. The van der Waals surface area contributed by atoms with Crippen LogP contribution in [0.5, 0.6) is 0 Å². The molecule has 2 aromatic carbocycles. The van der Waals surface area contributed by atoms with E-state index in [1.165, 1.54) is 0 Å². The lowest BCUT2D eigenvalue weighted by Gasteiger charge is -2.37. The fraction of sp³-hybridized carbons (Fsp3) is 0.423. The van der Waals surface area contributed by atoms with E-state index >= 15 is 0 Å². The van der Waals surface area contributed by atoms with Crippen molar-refractivity contribution >= 4 is 23.1 Å². The van der Waals surface area contributed by atoms with Gasteiger partial charge in [0, 0.05) is 32.5 Å². The number of carbonyl (C=O) groups excluding carboxylic acids is 2. The predicted molar refractivity (Wildman–Crippen MR) is 134 cm³/mol. The van der Waals surface area contributed by atoms with Gasteiger partial charge in [-0.2, -0.15) is 0 Å². The van der Waals surface area contributed by atoms with E-state index in [1.54, 1.807) is 26.8 Å². The van der Waals surface area contributed by atoms with Gasteiger partial charge >= 0.3 is 11.8 Å². The molecule has 2 amide bonds. The fourth-order valence-electron chi connectivity index (χ4n) is 4.20. The van der Waals surface area contributed by atoms with E-state index in [2.05, 4.69) is 15.6 Å². The third-order valence-corrected chi connectivity index (χ3v) is 6.00. The summed E-state index contributed by atoms with van der Waals surface area (Å²) in [4.78, 5) is 39.7. The van der Waals surface area contributed by atoms with Gasteiger partial charge in [0.1, 0.15) is 11.1 Å². The van der Waals surface area contributed by atoms with Crippen LogP contribution in [-0.4, -0.2) is 47.5 Å². The highest BCUT2D eigenvalue weighted by Gasteiger charge is 2.43. The molecule has 0 saturated carbocycles. The first-order chi connectivity index (χ1) is 17.0. The number of oxazole rings is 1. The molecular formula is C26H32N4O6. The van der Waals surface area contributed by atoms with Gasteiger partial charge in [-0.05, 0) is 49.6 Å². The average molecular weight is 497 g/mol. The first kappa shape index (κ1) is 25.5. The van der Waals surface area contributed by atoms with E-state index in [0.717, 1.165) is 16.7 Å². The van der Waals surface area contributed by atoms with Gasteiger partial charge in [0.15, 0.2) is 5.58 Å². The van der Waals surface area contributed by atoms with Crippen LogP contribution in [0.3, 0.4) is 0 Å². The Kier molecular flexibility index (Phi) is 7.18. The van der Waals surface area contributed by atoms with Crippen LogP contribution in [0.4, 0.5) is 4.79 Å². The number of benzene rings is 2. The number of aromatic nitrogens is 1. The van der Waals surface area contributed by atoms with Gasteiger partial charge in [0.25, 0.3) is 0 Å². The minimum atomic E-state index is -1.14. The summed E-state index contributed by atoms with van der Waals surface area (Å²) < 4.78 is 15.8. The second-order valence-electron chi connectivity index (χ2n) is 10.0. The van der Waals surface area contributed by atoms with Gasteiger partial charge in [-0.25, -0.2) is 9.59 Å². The summed E-state index contributed by atoms with van der Waals surface area (Å²) in [6, 6.07) is 13.3. The molecule has 10 heteroatoms. The van der Waals surface area contributed by atoms with E-state index in [0.29, 0.717) is 43.6 Å². The summed E-state index contributed by atoms with van der Waals surface area (Å²) in [5.41, 5.74) is 8.40. The first-order valence-electron chi connectivity index (χ1n) is 11.9. The molecule has 1 atom stereocenters. The zero-order valence-corrected chi connectivity index (χ0v) is 20.7. The van der Waals surface area contributed by atoms with Crippen molar-refractivity contribution in [2.45, 2.75) is 57.3 Å². The zero-order valence-electron chi connectivity index (χ0n) is 20.7. The smallest absolute Gasteiger partial charge is 0.417 e. The van der Waals surface area contributed by atoms with Crippen molar-refractivity contribution in [2.24, 2.45) is 5.73 Å². The van der Waals surface area contributed by atoms with Crippen LogP contribution in [-0.2, 0) is 20.7 Å². The highest BCUT2D eigenvalue weighted by molar-refractivity contribution is 5.90. The number of nitrogens with one attached hydrogen (secondary N) is 3. The molecule has 0 unspecified atom stereocenters. The van der Waals surface area contributed by atoms with Crippen molar-refractivity contribution in [3.63, 3.8) is 0 Å². The number of nitrogens with two attached hydrogens (primary N) is 1. The van der Waals surface area contributed by atoms with Crippen molar-refractivity contribution in [2.75, 3.05) is 13.2 Å². The zero-order chi connectivity index (χ0) is 25.9. The molecule has 192 valence electrons. The monoisotopic (exact) mass is 496 g/mol. The Hall–Kier alpha value is -3.63. The van der Waals surface area contributed by atoms with Crippen molar-refractivity contribution < 1.29 is 23.5 Å². The number of rotatable bonds is 6. The minimum absolute atomic E-state index is 0.325. The van der Waals surface area contributed by atoms with Gasteiger partial charge in [-0.1, -0.05) is 30.3 Å². The van der Waals surface area contributed by atoms with Crippen LogP contribution in [0.2, 0.25) is 0 Å². The third kappa shape index (κ3) is 6.13. The van der Waals surface area contributed by atoms with Crippen LogP contribution in [0.1, 0.15) is 39.2 Å². The van der Waals surface area contributed by atoms with Crippen LogP contribution in [0, 0.1) is 0 Å². The van der Waals surface area contributed by atoms with E-state index in [1.807, 2.05) is 36.4 Å². The Morgan fingerprint density at radius 2 is 1.78 bits per heavy atom. The molecule has 3 aromatic rings. The second kappa shape index (κ2) is 10.2. The fourth-order valence-corrected chi connectivity index (χ4v) is 4.20. The van der Waals surface area contributed by atoms with Gasteiger partial charge in [0.2, 0.25) is 5.91 Å². The number of ether oxygens (including phenoxy) is 2. The van der Waals surface area contributed by atoms with E-state index in [-0.39, 0.29) is 5.91 Å². The number of hydrogen-bond donors (Lipinski definition) is 4. The molecule has 5 N–H and O–H groups in total. The van der Waals surface area contributed by atoms with Crippen molar-refractivity contribution in [1.82, 2.24) is 15.6 Å². The van der Waals surface area contributed by atoms with Crippen molar-refractivity contribution in [3.05, 3.63) is 58.6 Å². The maximum atomic E-state index is 13.2. The van der Waals surface area contributed by atoms with E-state index in [4.69, 9.17) is 19.6 Å². The molecular weight excluding hydrogens is 464 g/mol. The lowest BCUT2D eigenvalue weighted by molar-refractivity contribution is -0.132. The van der Waals surface area contributed by atoms with Crippen LogP contribution in [0.25, 0.3) is 22.2 Å². The Labute approximate surface area is 208 Å². The lowest BCUT2D eigenvalue weighted by atomic mass is 9.88. The number of alkyl carbamates (subject to hydrolysis) is 1. The number of aromatic amines is 1. The first-order valence-corrected chi connectivity index (χ1v) is 11.9. The van der Waals surface area contributed by atoms with Crippen molar-refractivity contribution in [1.29, 1.82) is 0 Å². The normalized spacial score (nSPS) is 16.3.